The molecule has 72 valence electrons. The zero-order valence-electron chi connectivity index (χ0n) is 8.30. The molecule has 13 heavy (non-hydrogen) atoms. The van der Waals surface area contributed by atoms with E-state index in [4.69, 9.17) is 4.74 Å². The molecule has 0 saturated carbocycles. The fourth-order valence-corrected chi connectivity index (χ4v) is 1.22. The van der Waals surface area contributed by atoms with E-state index in [-0.39, 0.29) is 0 Å². The molecule has 0 aliphatic rings. The third-order valence-corrected chi connectivity index (χ3v) is 2.60. The van der Waals surface area contributed by atoms with Crippen LogP contribution in [0.25, 0.3) is 0 Å². The highest BCUT2D eigenvalue weighted by Crippen LogP contribution is 2.21. The molecule has 0 atom stereocenters. The van der Waals surface area contributed by atoms with Gasteiger partial charge in [0, 0.05) is 4.47 Å². The van der Waals surface area contributed by atoms with Crippen molar-refractivity contribution in [3.63, 3.8) is 0 Å². The summed E-state index contributed by atoms with van der Waals surface area (Å²) in [6.45, 7) is 7.13. The molecule has 0 unspecified atom stereocenters. The quantitative estimate of drug-likeness (QED) is 0.784. The Morgan fingerprint density at radius 3 is 2.62 bits per heavy atom. The lowest BCUT2D eigenvalue weighted by Gasteiger charge is -2.09. The Bertz CT molecular complexity index is 281. The van der Waals surface area contributed by atoms with E-state index in [0.29, 0.717) is 5.92 Å². The predicted octanol–water partition coefficient (Wildman–Crippen LogP) is 3.79. The molecule has 1 aromatic rings. The van der Waals surface area contributed by atoms with Crippen LogP contribution in [0.3, 0.4) is 0 Å². The zero-order chi connectivity index (χ0) is 9.84. The van der Waals surface area contributed by atoms with Gasteiger partial charge >= 0.3 is 0 Å². The Hall–Kier alpha value is -0.500. The van der Waals surface area contributed by atoms with Crippen LogP contribution in [0, 0.1) is 12.8 Å². The van der Waals surface area contributed by atoms with Crippen molar-refractivity contribution in [3.8, 4) is 5.75 Å². The van der Waals surface area contributed by atoms with Crippen molar-refractivity contribution < 1.29 is 4.74 Å². The first-order chi connectivity index (χ1) is 6.09. The second-order valence-electron chi connectivity index (χ2n) is 3.62. The highest BCUT2D eigenvalue weighted by Gasteiger charge is 1.99. The van der Waals surface area contributed by atoms with Crippen molar-refractivity contribution in [2.45, 2.75) is 20.8 Å². The molecule has 0 fully saturated rings. The van der Waals surface area contributed by atoms with Gasteiger partial charge in [0.15, 0.2) is 0 Å². The summed E-state index contributed by atoms with van der Waals surface area (Å²) in [7, 11) is 0. The van der Waals surface area contributed by atoms with E-state index in [1.54, 1.807) is 0 Å². The summed E-state index contributed by atoms with van der Waals surface area (Å²) in [5.74, 6) is 1.53. The van der Waals surface area contributed by atoms with Gasteiger partial charge in [0.05, 0.1) is 6.61 Å². The Morgan fingerprint density at radius 2 is 2.08 bits per heavy atom. The molecule has 0 heterocycles. The van der Waals surface area contributed by atoms with Crippen LogP contribution in [0.5, 0.6) is 5.75 Å². The van der Waals surface area contributed by atoms with Crippen molar-refractivity contribution in [2.24, 2.45) is 5.92 Å². The summed E-state index contributed by atoms with van der Waals surface area (Å²) in [6.07, 6.45) is 0. The molecular formula is C11H15BrO. The SMILES string of the molecule is Cc1cc(OCC(C)C)ccc1Br. The van der Waals surface area contributed by atoms with E-state index in [1.165, 1.54) is 5.56 Å². The first-order valence-corrected chi connectivity index (χ1v) is 5.28. The molecule has 1 rings (SSSR count). The third kappa shape index (κ3) is 3.39. The highest BCUT2D eigenvalue weighted by atomic mass is 79.9. The second kappa shape index (κ2) is 4.66. The lowest BCUT2D eigenvalue weighted by Crippen LogP contribution is -2.04. The van der Waals surface area contributed by atoms with Gasteiger partial charge in [0.1, 0.15) is 5.75 Å². The highest BCUT2D eigenvalue weighted by molar-refractivity contribution is 9.10. The van der Waals surface area contributed by atoms with Crippen molar-refractivity contribution in [1.29, 1.82) is 0 Å². The summed E-state index contributed by atoms with van der Waals surface area (Å²) < 4.78 is 6.71. The maximum absolute atomic E-state index is 5.58. The predicted molar refractivity (Wildman–Crippen MR) is 59.2 cm³/mol. The fraction of sp³-hybridized carbons (Fsp3) is 0.455. The van der Waals surface area contributed by atoms with E-state index < -0.39 is 0 Å². The maximum atomic E-state index is 5.58. The molecule has 1 aromatic carbocycles. The summed E-state index contributed by atoms with van der Waals surface area (Å²) in [5, 5.41) is 0. The van der Waals surface area contributed by atoms with Gasteiger partial charge in [-0.15, -0.1) is 0 Å². The summed E-state index contributed by atoms with van der Waals surface area (Å²) in [6, 6.07) is 6.05. The van der Waals surface area contributed by atoms with Crippen LogP contribution in [-0.4, -0.2) is 6.61 Å². The van der Waals surface area contributed by atoms with Gasteiger partial charge in [-0.1, -0.05) is 29.8 Å². The molecule has 0 radical (unpaired) electrons. The molecule has 0 bridgehead atoms. The van der Waals surface area contributed by atoms with Gasteiger partial charge in [-0.25, -0.2) is 0 Å². The molecule has 0 spiro atoms. The smallest absolute Gasteiger partial charge is 0.119 e. The minimum atomic E-state index is 0.573. The van der Waals surface area contributed by atoms with Gasteiger partial charge in [-0.05, 0) is 36.6 Å². The van der Waals surface area contributed by atoms with E-state index in [2.05, 4.69) is 36.7 Å². The summed E-state index contributed by atoms with van der Waals surface area (Å²) >= 11 is 3.45. The van der Waals surface area contributed by atoms with Crippen LogP contribution in [-0.2, 0) is 0 Å². The van der Waals surface area contributed by atoms with Crippen LogP contribution < -0.4 is 4.74 Å². The second-order valence-corrected chi connectivity index (χ2v) is 4.47. The van der Waals surface area contributed by atoms with Gasteiger partial charge in [-0.3, -0.25) is 0 Å². The summed E-state index contributed by atoms with van der Waals surface area (Å²) in [5.41, 5.74) is 1.21. The third-order valence-electron chi connectivity index (χ3n) is 1.71. The number of ether oxygens (including phenoxy) is 1. The van der Waals surface area contributed by atoms with Gasteiger partial charge in [0.25, 0.3) is 0 Å². The Labute approximate surface area is 88.2 Å². The number of rotatable bonds is 3. The maximum Gasteiger partial charge on any atom is 0.119 e. The van der Waals surface area contributed by atoms with E-state index in [1.807, 2.05) is 18.2 Å². The first kappa shape index (κ1) is 10.6. The van der Waals surface area contributed by atoms with Crippen molar-refractivity contribution in [2.75, 3.05) is 6.61 Å². The number of hydrogen-bond donors (Lipinski definition) is 0. The monoisotopic (exact) mass is 242 g/mol. The van der Waals surface area contributed by atoms with E-state index in [9.17, 15) is 0 Å². The van der Waals surface area contributed by atoms with Crippen molar-refractivity contribution in [3.05, 3.63) is 28.2 Å². The molecule has 0 aromatic heterocycles. The molecule has 1 nitrogen and oxygen atoms in total. The molecule has 2 heteroatoms. The number of halogens is 1. The van der Waals surface area contributed by atoms with E-state index >= 15 is 0 Å². The standard InChI is InChI=1S/C11H15BrO/c1-8(2)7-13-10-4-5-11(12)9(3)6-10/h4-6,8H,7H2,1-3H3. The van der Waals surface area contributed by atoms with Crippen LogP contribution in [0.4, 0.5) is 0 Å². The Morgan fingerprint density at radius 1 is 1.38 bits per heavy atom. The average Bonchev–Trinajstić information content (AvgIpc) is 2.07. The molecule has 0 N–H and O–H groups in total. The molecule has 0 aliphatic carbocycles. The fourth-order valence-electron chi connectivity index (χ4n) is 0.970. The number of benzene rings is 1. The lowest BCUT2D eigenvalue weighted by atomic mass is 10.2. The van der Waals surface area contributed by atoms with Crippen LogP contribution in [0.1, 0.15) is 19.4 Å². The number of aryl methyl sites for hydroxylation is 1. The molecule has 0 aliphatic heterocycles. The van der Waals surface area contributed by atoms with Crippen LogP contribution >= 0.6 is 15.9 Å². The minimum Gasteiger partial charge on any atom is -0.493 e. The van der Waals surface area contributed by atoms with E-state index in [0.717, 1.165) is 16.8 Å². The van der Waals surface area contributed by atoms with Gasteiger partial charge < -0.3 is 4.74 Å². The Balaban J connectivity index is 2.63. The topological polar surface area (TPSA) is 9.23 Å². The first-order valence-electron chi connectivity index (χ1n) is 4.48. The number of hydrogen-bond acceptors (Lipinski definition) is 1. The largest absolute Gasteiger partial charge is 0.493 e. The lowest BCUT2D eigenvalue weighted by molar-refractivity contribution is 0.271. The molecule has 0 amide bonds. The van der Waals surface area contributed by atoms with Crippen LogP contribution in [0.2, 0.25) is 0 Å². The normalized spacial score (nSPS) is 10.5. The average molecular weight is 243 g/mol. The van der Waals surface area contributed by atoms with Gasteiger partial charge in [0.2, 0.25) is 0 Å². The van der Waals surface area contributed by atoms with Crippen LogP contribution in [0.15, 0.2) is 22.7 Å². The molecule has 0 saturated heterocycles. The zero-order valence-corrected chi connectivity index (χ0v) is 9.89. The summed E-state index contributed by atoms with van der Waals surface area (Å²) in [4.78, 5) is 0. The van der Waals surface area contributed by atoms with Crippen molar-refractivity contribution in [1.82, 2.24) is 0 Å². The molecular weight excluding hydrogens is 228 g/mol. The minimum absolute atomic E-state index is 0.573. The van der Waals surface area contributed by atoms with Crippen molar-refractivity contribution >= 4 is 15.9 Å². The van der Waals surface area contributed by atoms with Gasteiger partial charge in [-0.2, -0.15) is 0 Å². The Kier molecular flexibility index (Phi) is 3.79.